The fourth-order valence-corrected chi connectivity index (χ4v) is 1.86. The van der Waals surface area contributed by atoms with Crippen LogP contribution in [0, 0.1) is 0 Å². The molecule has 1 N–H and O–H groups in total. The van der Waals surface area contributed by atoms with Crippen LogP contribution in [0.3, 0.4) is 0 Å². The molecule has 1 unspecified atom stereocenters. The Hall–Kier alpha value is -1.43. The minimum Gasteiger partial charge on any atom is -0.518 e. The Morgan fingerprint density at radius 2 is 2.06 bits per heavy atom. The minimum atomic E-state index is -1.67. The molecule has 6 heteroatoms. The van der Waals surface area contributed by atoms with E-state index in [0.29, 0.717) is 12.0 Å². The fourth-order valence-electron chi connectivity index (χ4n) is 1.21. The highest BCUT2D eigenvalue weighted by Crippen LogP contribution is 2.11. The molecular weight excluding hydrogens is 232 g/mol. The van der Waals surface area contributed by atoms with Crippen molar-refractivity contribution in [1.82, 2.24) is 15.0 Å². The Morgan fingerprint density at radius 3 is 2.65 bits per heavy atom. The third-order valence-electron chi connectivity index (χ3n) is 1.79. The number of allylic oxidation sites excluding steroid dienone is 1. The summed E-state index contributed by atoms with van der Waals surface area (Å²) in [6.45, 7) is 10.3. The summed E-state index contributed by atoms with van der Waals surface area (Å²) in [5.74, 6) is 0.541. The molecule has 0 aliphatic heterocycles. The van der Waals surface area contributed by atoms with E-state index in [0.717, 1.165) is 0 Å². The van der Waals surface area contributed by atoms with Gasteiger partial charge in [-0.1, -0.05) is 12.2 Å². The van der Waals surface area contributed by atoms with Gasteiger partial charge in [0.05, 0.1) is 0 Å². The normalized spacial score (nSPS) is 13.7. The van der Waals surface area contributed by atoms with Gasteiger partial charge in [-0.2, -0.15) is 9.97 Å². The average Bonchev–Trinajstić information content (AvgIpc) is 2.15. The van der Waals surface area contributed by atoms with Crippen LogP contribution in [0.15, 0.2) is 18.5 Å². The number of hydrogen-bond donors (Lipinski definition) is 1. The van der Waals surface area contributed by atoms with E-state index in [-0.39, 0.29) is 6.04 Å². The third kappa shape index (κ3) is 5.44. The lowest BCUT2D eigenvalue weighted by Crippen LogP contribution is -2.30. The molecule has 0 saturated carbocycles. The van der Waals surface area contributed by atoms with Crippen molar-refractivity contribution in [2.45, 2.75) is 39.5 Å². The van der Waals surface area contributed by atoms with E-state index in [2.05, 4.69) is 39.9 Å². The summed E-state index contributed by atoms with van der Waals surface area (Å²) < 4.78 is 5.70. The molecule has 1 atom stereocenters. The Morgan fingerprint density at radius 1 is 1.35 bits per heavy atom. The van der Waals surface area contributed by atoms with Crippen molar-refractivity contribution in [2.24, 2.45) is 0 Å². The predicted molar refractivity (Wildman–Crippen MR) is 71.7 cm³/mol. The van der Waals surface area contributed by atoms with Crippen LogP contribution in [0.2, 0.25) is 19.6 Å². The zero-order chi connectivity index (χ0) is 12.9. The van der Waals surface area contributed by atoms with Gasteiger partial charge in [0.25, 0.3) is 0 Å². The second-order valence-electron chi connectivity index (χ2n) is 4.76. The standard InChI is InChI=1S/C11H20N4OSi/c1-6-7-9(2)14-10-12-8-13-11(15-10)16-17(3,4)5/h6-9H,1-5H3,(H,12,13,14,15). The molecule has 1 heterocycles. The summed E-state index contributed by atoms with van der Waals surface area (Å²) in [4.78, 5) is 12.3. The number of nitrogens with zero attached hydrogens (tertiary/aromatic N) is 3. The van der Waals surface area contributed by atoms with Crippen LogP contribution in [-0.2, 0) is 0 Å². The van der Waals surface area contributed by atoms with E-state index >= 15 is 0 Å². The lowest BCUT2D eigenvalue weighted by atomic mass is 10.3. The first-order chi connectivity index (χ1) is 7.90. The van der Waals surface area contributed by atoms with Crippen LogP contribution >= 0.6 is 0 Å². The van der Waals surface area contributed by atoms with Crippen molar-refractivity contribution in [1.29, 1.82) is 0 Å². The van der Waals surface area contributed by atoms with Gasteiger partial charge in [-0.05, 0) is 33.5 Å². The van der Waals surface area contributed by atoms with Crippen molar-refractivity contribution in [2.75, 3.05) is 5.32 Å². The SMILES string of the molecule is CC=CC(C)Nc1ncnc(O[Si](C)(C)C)n1. The maximum Gasteiger partial charge on any atom is 0.307 e. The quantitative estimate of drug-likeness (QED) is 0.644. The number of aromatic nitrogens is 3. The highest BCUT2D eigenvalue weighted by Gasteiger charge is 2.18. The molecule has 0 radical (unpaired) electrons. The maximum atomic E-state index is 5.70. The first kappa shape index (κ1) is 13.6. The monoisotopic (exact) mass is 252 g/mol. The van der Waals surface area contributed by atoms with E-state index in [1.165, 1.54) is 6.33 Å². The van der Waals surface area contributed by atoms with Crippen LogP contribution in [0.5, 0.6) is 6.01 Å². The van der Waals surface area contributed by atoms with Crippen LogP contribution < -0.4 is 9.74 Å². The topological polar surface area (TPSA) is 59.9 Å². The molecule has 0 aliphatic carbocycles. The Balaban J connectivity index is 2.72. The molecule has 0 bridgehead atoms. The molecule has 0 fully saturated rings. The van der Waals surface area contributed by atoms with Gasteiger partial charge in [0.2, 0.25) is 14.3 Å². The molecule has 0 aliphatic rings. The first-order valence-electron chi connectivity index (χ1n) is 5.68. The molecule has 94 valence electrons. The van der Waals surface area contributed by atoms with E-state index in [9.17, 15) is 0 Å². The summed E-state index contributed by atoms with van der Waals surface area (Å²) in [6, 6.07) is 0.580. The number of anilines is 1. The van der Waals surface area contributed by atoms with Crippen molar-refractivity contribution >= 4 is 14.3 Å². The Labute approximate surface area is 103 Å². The lowest BCUT2D eigenvalue weighted by molar-refractivity contribution is 0.506. The highest BCUT2D eigenvalue weighted by atomic mass is 28.4. The van der Waals surface area contributed by atoms with Crippen molar-refractivity contribution in [3.8, 4) is 6.01 Å². The largest absolute Gasteiger partial charge is 0.518 e. The molecule has 1 aromatic rings. The fraction of sp³-hybridized carbons (Fsp3) is 0.545. The molecule has 17 heavy (non-hydrogen) atoms. The Bertz CT molecular complexity index is 389. The van der Waals surface area contributed by atoms with Crippen LogP contribution in [0.4, 0.5) is 5.95 Å². The third-order valence-corrected chi connectivity index (χ3v) is 2.58. The number of rotatable bonds is 5. The van der Waals surface area contributed by atoms with Gasteiger partial charge in [-0.15, -0.1) is 0 Å². The van der Waals surface area contributed by atoms with Crippen LogP contribution in [-0.4, -0.2) is 29.3 Å². The summed E-state index contributed by atoms with van der Waals surface area (Å²) in [6.07, 6.45) is 5.48. The summed E-state index contributed by atoms with van der Waals surface area (Å²) in [5.41, 5.74) is 0. The van der Waals surface area contributed by atoms with E-state index in [1.807, 2.05) is 26.0 Å². The van der Waals surface area contributed by atoms with Crippen LogP contribution in [0.25, 0.3) is 0 Å². The molecule has 0 amide bonds. The van der Waals surface area contributed by atoms with Gasteiger partial charge < -0.3 is 9.74 Å². The summed E-state index contributed by atoms with van der Waals surface area (Å²) >= 11 is 0. The van der Waals surface area contributed by atoms with Crippen LogP contribution in [0.1, 0.15) is 13.8 Å². The van der Waals surface area contributed by atoms with Gasteiger partial charge >= 0.3 is 6.01 Å². The molecule has 0 saturated heterocycles. The van der Waals surface area contributed by atoms with E-state index in [1.54, 1.807) is 0 Å². The Kier molecular flexibility index (Phi) is 4.62. The molecule has 0 spiro atoms. The van der Waals surface area contributed by atoms with Gasteiger partial charge in [-0.3, -0.25) is 0 Å². The highest BCUT2D eigenvalue weighted by molar-refractivity contribution is 6.70. The predicted octanol–water partition coefficient (Wildman–Crippen LogP) is 2.46. The lowest BCUT2D eigenvalue weighted by Gasteiger charge is -2.17. The summed E-state index contributed by atoms with van der Waals surface area (Å²) in [5, 5.41) is 3.16. The van der Waals surface area contributed by atoms with E-state index in [4.69, 9.17) is 4.43 Å². The van der Waals surface area contributed by atoms with Crippen molar-refractivity contribution in [3.05, 3.63) is 18.5 Å². The molecule has 1 aromatic heterocycles. The smallest absolute Gasteiger partial charge is 0.307 e. The molecular formula is C11H20N4OSi. The average molecular weight is 252 g/mol. The zero-order valence-electron chi connectivity index (χ0n) is 11.1. The van der Waals surface area contributed by atoms with Gasteiger partial charge in [-0.25, -0.2) is 4.98 Å². The first-order valence-corrected chi connectivity index (χ1v) is 9.09. The zero-order valence-corrected chi connectivity index (χ0v) is 12.1. The minimum absolute atomic E-state index is 0.183. The number of hydrogen-bond acceptors (Lipinski definition) is 5. The molecule has 5 nitrogen and oxygen atoms in total. The van der Waals surface area contributed by atoms with E-state index < -0.39 is 8.32 Å². The van der Waals surface area contributed by atoms with Crippen molar-refractivity contribution in [3.63, 3.8) is 0 Å². The maximum absolute atomic E-state index is 5.70. The van der Waals surface area contributed by atoms with Gasteiger partial charge in [0.15, 0.2) is 0 Å². The second-order valence-corrected chi connectivity index (χ2v) is 9.19. The van der Waals surface area contributed by atoms with Gasteiger partial charge in [0, 0.05) is 6.04 Å². The summed E-state index contributed by atoms with van der Waals surface area (Å²) in [7, 11) is -1.67. The van der Waals surface area contributed by atoms with Gasteiger partial charge in [0.1, 0.15) is 6.33 Å². The van der Waals surface area contributed by atoms with Crippen molar-refractivity contribution < 1.29 is 4.43 Å². The molecule has 1 rings (SSSR count). The number of nitrogens with one attached hydrogen (secondary N) is 1. The molecule has 0 aromatic carbocycles. The second kappa shape index (κ2) is 5.76.